The summed E-state index contributed by atoms with van der Waals surface area (Å²) in [5.74, 6) is 0.0273. The first kappa shape index (κ1) is 11.1. The molecule has 1 amide bonds. The predicted molar refractivity (Wildman–Crippen MR) is 62.6 cm³/mol. The molecule has 0 aliphatic carbocycles. The van der Waals surface area contributed by atoms with Crippen LogP contribution in [0.2, 0.25) is 0 Å². The second-order valence-electron chi connectivity index (χ2n) is 4.28. The molecule has 1 atom stereocenters. The van der Waals surface area contributed by atoms with Gasteiger partial charge in [-0.2, -0.15) is 0 Å². The summed E-state index contributed by atoms with van der Waals surface area (Å²) in [6.07, 6.45) is 0.760. The van der Waals surface area contributed by atoms with Gasteiger partial charge in [-0.05, 0) is 17.5 Å². The molecule has 1 aromatic carbocycles. The Morgan fingerprint density at radius 1 is 1.38 bits per heavy atom. The molecule has 2 rings (SSSR count). The topological polar surface area (TPSA) is 44.4 Å². The number of nitrogens with one attached hydrogen (secondary N) is 2. The number of fused-ring (bicyclic) bond motifs is 1. The molecule has 0 saturated heterocycles. The van der Waals surface area contributed by atoms with E-state index >= 15 is 0 Å². The predicted octanol–water partition coefficient (Wildman–Crippen LogP) is 0.294. The van der Waals surface area contributed by atoms with E-state index in [9.17, 15) is 4.79 Å². The first-order chi connectivity index (χ1) is 7.66. The molecule has 1 aliphatic rings. The Hall–Kier alpha value is -1.39. The Labute approximate surface area is 95.6 Å². The second kappa shape index (κ2) is 4.63. The van der Waals surface area contributed by atoms with Crippen molar-refractivity contribution in [1.82, 2.24) is 15.8 Å². The maximum absolute atomic E-state index is 11.8. The van der Waals surface area contributed by atoms with Crippen LogP contribution in [0.4, 0.5) is 0 Å². The van der Waals surface area contributed by atoms with Crippen LogP contribution in [0.25, 0.3) is 0 Å². The number of hydrogen-bond acceptors (Lipinski definition) is 3. The zero-order chi connectivity index (χ0) is 11.5. The number of amides is 1. The van der Waals surface area contributed by atoms with Gasteiger partial charge in [0.25, 0.3) is 5.91 Å². The van der Waals surface area contributed by atoms with E-state index in [0.717, 1.165) is 13.0 Å². The molecule has 1 aliphatic heterocycles. The van der Waals surface area contributed by atoms with E-state index in [-0.39, 0.29) is 11.9 Å². The average molecular weight is 219 g/mol. The van der Waals surface area contributed by atoms with Crippen LogP contribution in [0, 0.1) is 0 Å². The van der Waals surface area contributed by atoms with Crippen molar-refractivity contribution >= 4 is 5.91 Å². The normalized spacial score (nSPS) is 19.3. The molecule has 0 radical (unpaired) electrons. The first-order valence-corrected chi connectivity index (χ1v) is 5.45. The zero-order valence-corrected chi connectivity index (χ0v) is 9.66. The number of nitrogens with zero attached hydrogens (tertiary/aromatic N) is 1. The van der Waals surface area contributed by atoms with E-state index in [1.54, 1.807) is 5.01 Å². The first-order valence-electron chi connectivity index (χ1n) is 5.45. The molecule has 0 fully saturated rings. The number of rotatable bonds is 2. The van der Waals surface area contributed by atoms with Crippen molar-refractivity contribution < 1.29 is 4.79 Å². The summed E-state index contributed by atoms with van der Waals surface area (Å²) in [4.78, 5) is 11.8. The van der Waals surface area contributed by atoms with Gasteiger partial charge < -0.3 is 5.32 Å². The molecular weight excluding hydrogens is 202 g/mol. The van der Waals surface area contributed by atoms with Crippen molar-refractivity contribution in [1.29, 1.82) is 0 Å². The third-order valence-electron chi connectivity index (χ3n) is 2.73. The van der Waals surface area contributed by atoms with Gasteiger partial charge in [-0.1, -0.05) is 24.3 Å². The maximum Gasteiger partial charge on any atom is 0.251 e. The highest BCUT2D eigenvalue weighted by molar-refractivity contribution is 5.82. The molecule has 86 valence electrons. The van der Waals surface area contributed by atoms with E-state index in [4.69, 9.17) is 0 Å². The van der Waals surface area contributed by atoms with E-state index in [1.165, 1.54) is 11.1 Å². The minimum Gasteiger partial charge on any atom is -0.301 e. The number of benzene rings is 1. The average Bonchev–Trinajstić information content (AvgIpc) is 2.27. The zero-order valence-electron chi connectivity index (χ0n) is 9.66. The van der Waals surface area contributed by atoms with Gasteiger partial charge in [-0.15, -0.1) is 0 Å². The summed E-state index contributed by atoms with van der Waals surface area (Å²) in [6.45, 7) is 0.766. The monoisotopic (exact) mass is 219 g/mol. The summed E-state index contributed by atoms with van der Waals surface area (Å²) in [5.41, 5.74) is 5.33. The van der Waals surface area contributed by atoms with E-state index in [0.29, 0.717) is 0 Å². The molecule has 0 saturated carbocycles. The van der Waals surface area contributed by atoms with Crippen molar-refractivity contribution in [3.8, 4) is 0 Å². The molecule has 0 spiro atoms. The standard InChI is InChI=1S/C12H17N3O/c1-15(2)14-12(16)11-7-9-5-3-4-6-10(9)8-13-11/h3-6,11,13H,7-8H2,1-2H3,(H,14,16). The molecule has 4 nitrogen and oxygen atoms in total. The lowest BCUT2D eigenvalue weighted by atomic mass is 9.96. The summed E-state index contributed by atoms with van der Waals surface area (Å²) in [6, 6.07) is 8.11. The van der Waals surface area contributed by atoms with Crippen LogP contribution in [0.15, 0.2) is 24.3 Å². The van der Waals surface area contributed by atoms with Crippen molar-refractivity contribution in [2.24, 2.45) is 0 Å². The van der Waals surface area contributed by atoms with Crippen LogP contribution in [0.5, 0.6) is 0 Å². The number of carbonyl (C=O) groups excluding carboxylic acids is 1. The van der Waals surface area contributed by atoms with Crippen molar-refractivity contribution in [3.05, 3.63) is 35.4 Å². The third-order valence-corrected chi connectivity index (χ3v) is 2.73. The van der Waals surface area contributed by atoms with Crippen LogP contribution in [0.1, 0.15) is 11.1 Å². The van der Waals surface area contributed by atoms with Gasteiger partial charge in [0.05, 0.1) is 6.04 Å². The largest absolute Gasteiger partial charge is 0.301 e. The van der Waals surface area contributed by atoms with E-state index in [1.807, 2.05) is 26.2 Å². The molecule has 1 unspecified atom stereocenters. The summed E-state index contributed by atoms with van der Waals surface area (Å²) in [7, 11) is 3.63. The van der Waals surface area contributed by atoms with Gasteiger partial charge in [0, 0.05) is 20.6 Å². The lowest BCUT2D eigenvalue weighted by Crippen LogP contribution is -2.51. The molecule has 0 aromatic heterocycles. The minimum atomic E-state index is -0.128. The Morgan fingerprint density at radius 3 is 2.75 bits per heavy atom. The highest BCUT2D eigenvalue weighted by Crippen LogP contribution is 2.16. The van der Waals surface area contributed by atoms with Crippen LogP contribution in [0.3, 0.4) is 0 Å². The molecule has 0 bridgehead atoms. The van der Waals surface area contributed by atoms with Crippen LogP contribution < -0.4 is 10.7 Å². The molecule has 4 heteroatoms. The fourth-order valence-electron chi connectivity index (χ4n) is 1.94. The van der Waals surface area contributed by atoms with Gasteiger partial charge in [-0.3, -0.25) is 10.2 Å². The van der Waals surface area contributed by atoms with Gasteiger partial charge in [0.2, 0.25) is 0 Å². The molecule has 2 N–H and O–H groups in total. The Balaban J connectivity index is 2.05. The van der Waals surface area contributed by atoms with Gasteiger partial charge in [0.15, 0.2) is 0 Å². The Bertz CT molecular complexity index is 390. The van der Waals surface area contributed by atoms with Crippen molar-refractivity contribution in [2.45, 2.75) is 19.0 Å². The molecule has 1 heterocycles. The summed E-state index contributed by atoms with van der Waals surface area (Å²) in [5, 5.41) is 4.91. The quantitative estimate of drug-likeness (QED) is 0.703. The lowest BCUT2D eigenvalue weighted by Gasteiger charge is -2.26. The van der Waals surface area contributed by atoms with Gasteiger partial charge in [0.1, 0.15) is 0 Å². The molecular formula is C12H17N3O. The third kappa shape index (κ3) is 2.40. The van der Waals surface area contributed by atoms with Crippen LogP contribution in [-0.2, 0) is 17.8 Å². The van der Waals surface area contributed by atoms with E-state index < -0.39 is 0 Å². The smallest absolute Gasteiger partial charge is 0.251 e. The number of carbonyl (C=O) groups is 1. The number of hydrogen-bond donors (Lipinski definition) is 2. The Morgan fingerprint density at radius 2 is 2.06 bits per heavy atom. The highest BCUT2D eigenvalue weighted by atomic mass is 16.2. The van der Waals surface area contributed by atoms with Crippen molar-refractivity contribution in [3.63, 3.8) is 0 Å². The Kier molecular flexibility index (Phi) is 3.22. The lowest BCUT2D eigenvalue weighted by molar-refractivity contribution is -0.127. The fraction of sp³-hybridized carbons (Fsp3) is 0.417. The SMILES string of the molecule is CN(C)NC(=O)C1Cc2ccccc2CN1. The van der Waals surface area contributed by atoms with Crippen molar-refractivity contribution in [2.75, 3.05) is 14.1 Å². The summed E-state index contributed by atoms with van der Waals surface area (Å²) >= 11 is 0. The molecule has 1 aromatic rings. The van der Waals surface area contributed by atoms with E-state index in [2.05, 4.69) is 22.9 Å². The fourth-order valence-corrected chi connectivity index (χ4v) is 1.94. The van der Waals surface area contributed by atoms with Gasteiger partial charge >= 0.3 is 0 Å². The summed E-state index contributed by atoms with van der Waals surface area (Å²) < 4.78 is 0. The highest BCUT2D eigenvalue weighted by Gasteiger charge is 2.23. The number of hydrazine groups is 1. The van der Waals surface area contributed by atoms with Crippen LogP contribution >= 0.6 is 0 Å². The minimum absolute atomic E-state index is 0.0273. The second-order valence-corrected chi connectivity index (χ2v) is 4.28. The van der Waals surface area contributed by atoms with Crippen LogP contribution in [-0.4, -0.2) is 31.1 Å². The maximum atomic E-state index is 11.8. The van der Waals surface area contributed by atoms with Gasteiger partial charge in [-0.25, -0.2) is 5.01 Å². The molecule has 16 heavy (non-hydrogen) atoms.